The minimum Gasteiger partial charge on any atom is -0.296 e. The fourth-order valence-corrected chi connectivity index (χ4v) is 1.10. The van der Waals surface area contributed by atoms with Crippen molar-refractivity contribution in [2.45, 2.75) is 13.3 Å². The van der Waals surface area contributed by atoms with Gasteiger partial charge in [0.2, 0.25) is 0 Å². The molecule has 0 spiro atoms. The summed E-state index contributed by atoms with van der Waals surface area (Å²) < 4.78 is 0. The van der Waals surface area contributed by atoms with E-state index in [1.165, 1.54) is 7.11 Å². The van der Waals surface area contributed by atoms with Crippen LogP contribution in [0, 0.1) is 0 Å². The maximum absolute atomic E-state index is 11.3. The van der Waals surface area contributed by atoms with Gasteiger partial charge in [-0.05, 0) is 24.1 Å². The van der Waals surface area contributed by atoms with Crippen molar-refractivity contribution in [3.05, 3.63) is 29.1 Å². The predicted molar refractivity (Wildman–Crippen MR) is 51.4 cm³/mol. The molecule has 0 bridgehead atoms. The molecule has 0 saturated heterocycles. The van der Waals surface area contributed by atoms with Crippen LogP contribution in [0.15, 0.2) is 12.1 Å². The molecule has 0 aliphatic heterocycles. The number of aromatic nitrogens is 1. The topological polar surface area (TPSA) is 65.5 Å². The van der Waals surface area contributed by atoms with E-state index in [1.54, 1.807) is 12.1 Å². The molecule has 0 atom stereocenters. The lowest BCUT2D eigenvalue weighted by Gasteiger charge is -2.02. The molecule has 0 N–H and O–H groups in total. The minimum atomic E-state index is -0.712. The second-order valence-corrected chi connectivity index (χ2v) is 2.79. The van der Waals surface area contributed by atoms with Gasteiger partial charge in [0.15, 0.2) is 12.0 Å². The molecule has 0 unspecified atom stereocenters. The molecule has 1 aromatic rings. The Morgan fingerprint density at radius 3 is 2.80 bits per heavy atom. The zero-order valence-electron chi connectivity index (χ0n) is 8.52. The van der Waals surface area contributed by atoms with Gasteiger partial charge >= 0.3 is 5.97 Å². The Balaban J connectivity index is 3.06. The first-order chi connectivity index (χ1) is 7.21. The lowest BCUT2D eigenvalue weighted by atomic mass is 10.1. The van der Waals surface area contributed by atoms with Gasteiger partial charge in [-0.25, -0.2) is 9.78 Å². The van der Waals surface area contributed by atoms with E-state index in [9.17, 15) is 9.59 Å². The van der Waals surface area contributed by atoms with E-state index in [2.05, 4.69) is 14.8 Å². The third-order valence-electron chi connectivity index (χ3n) is 1.80. The van der Waals surface area contributed by atoms with Crippen LogP contribution < -0.4 is 0 Å². The van der Waals surface area contributed by atoms with Gasteiger partial charge in [-0.2, -0.15) is 4.89 Å². The molecule has 80 valence electrons. The predicted octanol–water partition coefficient (Wildman–Crippen LogP) is 1.17. The number of hydrogen-bond acceptors (Lipinski definition) is 5. The van der Waals surface area contributed by atoms with E-state index in [0.717, 1.165) is 5.56 Å². The van der Waals surface area contributed by atoms with Crippen molar-refractivity contribution in [2.75, 3.05) is 7.11 Å². The van der Waals surface area contributed by atoms with E-state index in [1.807, 2.05) is 6.92 Å². The fraction of sp³-hybridized carbons (Fsp3) is 0.300. The zero-order chi connectivity index (χ0) is 11.3. The Kier molecular flexibility index (Phi) is 3.93. The van der Waals surface area contributed by atoms with Crippen molar-refractivity contribution in [2.24, 2.45) is 0 Å². The average molecular weight is 209 g/mol. The van der Waals surface area contributed by atoms with Crippen LogP contribution in [0.1, 0.15) is 33.5 Å². The Morgan fingerprint density at radius 1 is 1.53 bits per heavy atom. The van der Waals surface area contributed by atoms with Crippen molar-refractivity contribution in [1.82, 2.24) is 4.98 Å². The molecule has 0 aliphatic carbocycles. The summed E-state index contributed by atoms with van der Waals surface area (Å²) in [5.74, 6) is -0.712. The highest BCUT2D eigenvalue weighted by atomic mass is 17.2. The molecular formula is C10H11NO4. The molecule has 1 rings (SSSR count). The van der Waals surface area contributed by atoms with E-state index in [4.69, 9.17) is 0 Å². The lowest BCUT2D eigenvalue weighted by Crippen LogP contribution is -2.08. The van der Waals surface area contributed by atoms with Crippen LogP contribution >= 0.6 is 0 Å². The summed E-state index contributed by atoms with van der Waals surface area (Å²) in [4.78, 5) is 34.1. The van der Waals surface area contributed by atoms with Crippen molar-refractivity contribution >= 4 is 12.3 Å². The first kappa shape index (κ1) is 11.3. The van der Waals surface area contributed by atoms with Crippen LogP contribution in [0.5, 0.6) is 0 Å². The molecule has 15 heavy (non-hydrogen) atoms. The molecule has 1 aromatic heterocycles. The normalized spacial score (nSPS) is 9.73. The number of carbonyl (C=O) groups is 2. The Hall–Kier alpha value is -1.75. The van der Waals surface area contributed by atoms with E-state index >= 15 is 0 Å². The van der Waals surface area contributed by atoms with Gasteiger partial charge in [-0.3, -0.25) is 9.68 Å². The van der Waals surface area contributed by atoms with Gasteiger partial charge in [0.1, 0.15) is 5.69 Å². The summed E-state index contributed by atoms with van der Waals surface area (Å²) in [7, 11) is 1.22. The zero-order valence-corrected chi connectivity index (χ0v) is 8.52. The van der Waals surface area contributed by atoms with E-state index in [-0.39, 0.29) is 11.4 Å². The van der Waals surface area contributed by atoms with Gasteiger partial charge in [0.05, 0.1) is 7.11 Å². The molecular weight excluding hydrogens is 198 g/mol. The van der Waals surface area contributed by atoms with Crippen molar-refractivity contribution in [1.29, 1.82) is 0 Å². The van der Waals surface area contributed by atoms with Crippen LogP contribution in [0.4, 0.5) is 0 Å². The second kappa shape index (κ2) is 5.21. The second-order valence-electron chi connectivity index (χ2n) is 2.79. The molecule has 0 saturated carbocycles. The van der Waals surface area contributed by atoms with Crippen molar-refractivity contribution in [3.63, 3.8) is 0 Å². The smallest absolute Gasteiger partial charge is 0.296 e. The highest BCUT2D eigenvalue weighted by molar-refractivity contribution is 5.88. The summed E-state index contributed by atoms with van der Waals surface area (Å²) in [6.45, 7) is 1.91. The van der Waals surface area contributed by atoms with Gasteiger partial charge in [0.25, 0.3) is 0 Å². The Labute approximate surface area is 87.0 Å². The van der Waals surface area contributed by atoms with Gasteiger partial charge in [-0.1, -0.05) is 6.92 Å². The van der Waals surface area contributed by atoms with Crippen molar-refractivity contribution < 1.29 is 19.4 Å². The first-order valence-electron chi connectivity index (χ1n) is 4.42. The summed E-state index contributed by atoms with van der Waals surface area (Å²) >= 11 is 0. The Bertz CT molecular complexity index is 376. The summed E-state index contributed by atoms with van der Waals surface area (Å²) in [6.07, 6.45) is 1.29. The number of pyridine rings is 1. The Morgan fingerprint density at radius 2 is 2.27 bits per heavy atom. The molecule has 0 aromatic carbocycles. The lowest BCUT2D eigenvalue weighted by molar-refractivity contribution is -0.216. The van der Waals surface area contributed by atoms with Gasteiger partial charge in [0, 0.05) is 0 Å². The van der Waals surface area contributed by atoms with Crippen LogP contribution in [-0.4, -0.2) is 24.3 Å². The number of aryl methyl sites for hydroxylation is 1. The van der Waals surface area contributed by atoms with Gasteiger partial charge in [-0.15, -0.1) is 0 Å². The summed E-state index contributed by atoms with van der Waals surface area (Å²) in [6, 6.07) is 3.19. The molecule has 5 heteroatoms. The van der Waals surface area contributed by atoms with Crippen LogP contribution in [-0.2, 0) is 16.2 Å². The van der Waals surface area contributed by atoms with Gasteiger partial charge < -0.3 is 0 Å². The standard InChI is InChI=1S/C10H11NO4/c1-3-7-4-8(6-12)11-9(5-7)10(13)15-14-2/h4-6H,3H2,1-2H3. The van der Waals surface area contributed by atoms with Crippen LogP contribution in [0.25, 0.3) is 0 Å². The minimum absolute atomic E-state index is 0.0679. The molecule has 0 radical (unpaired) electrons. The highest BCUT2D eigenvalue weighted by Gasteiger charge is 2.11. The SMILES string of the molecule is CCc1cc(C=O)nc(C(=O)OOC)c1. The summed E-state index contributed by atoms with van der Waals surface area (Å²) in [5.41, 5.74) is 1.12. The molecule has 0 amide bonds. The number of rotatable bonds is 4. The maximum atomic E-state index is 11.3. The number of carbonyl (C=O) groups excluding carboxylic acids is 2. The number of hydrogen-bond donors (Lipinski definition) is 0. The number of nitrogens with zero attached hydrogens (tertiary/aromatic N) is 1. The van der Waals surface area contributed by atoms with E-state index < -0.39 is 5.97 Å². The third-order valence-corrected chi connectivity index (χ3v) is 1.80. The first-order valence-corrected chi connectivity index (χ1v) is 4.42. The average Bonchev–Trinajstić information content (AvgIpc) is 2.28. The third kappa shape index (κ3) is 2.85. The molecule has 0 aliphatic rings. The van der Waals surface area contributed by atoms with Crippen LogP contribution in [0.3, 0.4) is 0 Å². The fourth-order valence-electron chi connectivity index (χ4n) is 1.10. The highest BCUT2D eigenvalue weighted by Crippen LogP contribution is 2.07. The van der Waals surface area contributed by atoms with Crippen LogP contribution in [0.2, 0.25) is 0 Å². The molecule has 5 nitrogen and oxygen atoms in total. The molecule has 1 heterocycles. The van der Waals surface area contributed by atoms with E-state index in [0.29, 0.717) is 12.7 Å². The van der Waals surface area contributed by atoms with Crippen molar-refractivity contribution in [3.8, 4) is 0 Å². The number of aldehydes is 1. The quantitative estimate of drug-likeness (QED) is 0.423. The largest absolute Gasteiger partial charge is 0.391 e. The summed E-state index contributed by atoms with van der Waals surface area (Å²) in [5, 5.41) is 0. The maximum Gasteiger partial charge on any atom is 0.391 e. The monoisotopic (exact) mass is 209 g/mol. The molecule has 0 fully saturated rings.